The van der Waals surface area contributed by atoms with Gasteiger partial charge < -0.3 is 9.67 Å². The van der Waals surface area contributed by atoms with E-state index >= 15 is 0 Å². The maximum Gasteiger partial charge on any atom is 0.309 e. The molecule has 1 aromatic carbocycles. The summed E-state index contributed by atoms with van der Waals surface area (Å²) < 4.78 is 15.6. The highest BCUT2D eigenvalue weighted by Gasteiger charge is 2.16. The van der Waals surface area contributed by atoms with Crippen molar-refractivity contribution in [2.75, 3.05) is 0 Å². The Bertz CT molecular complexity index is 704. The Morgan fingerprint density at radius 3 is 2.68 bits per heavy atom. The number of fused-ring (bicyclic) bond motifs is 1. The van der Waals surface area contributed by atoms with E-state index in [1.165, 1.54) is 18.2 Å². The van der Waals surface area contributed by atoms with E-state index in [9.17, 15) is 14.0 Å². The number of para-hydroxylation sites is 1. The quantitative estimate of drug-likeness (QED) is 0.924. The predicted octanol–water partition coefficient (Wildman–Crippen LogP) is 2.35. The Labute approximate surface area is 109 Å². The minimum absolute atomic E-state index is 0.144. The van der Waals surface area contributed by atoms with Gasteiger partial charge >= 0.3 is 5.97 Å². The summed E-state index contributed by atoms with van der Waals surface area (Å²) >= 11 is 0. The number of benzene rings is 1. The number of aromatic nitrogens is 1. The molecule has 4 nitrogen and oxygen atoms in total. The number of rotatable bonds is 3. The molecule has 100 valence electrons. The third kappa shape index (κ3) is 2.36. The SMILES string of the molecule is CC(C)n1c(CC(=O)O)cc(=O)c2cccc(F)c21. The number of pyridine rings is 1. The van der Waals surface area contributed by atoms with Gasteiger partial charge in [-0.3, -0.25) is 9.59 Å². The molecule has 0 saturated carbocycles. The van der Waals surface area contributed by atoms with Gasteiger partial charge in [0.15, 0.2) is 5.43 Å². The number of hydrogen-bond donors (Lipinski definition) is 1. The van der Waals surface area contributed by atoms with Crippen LogP contribution in [0.1, 0.15) is 25.6 Å². The topological polar surface area (TPSA) is 59.3 Å². The van der Waals surface area contributed by atoms with Gasteiger partial charge in [0.05, 0.1) is 11.9 Å². The lowest BCUT2D eigenvalue weighted by Gasteiger charge is -2.19. The van der Waals surface area contributed by atoms with E-state index in [-0.39, 0.29) is 28.8 Å². The second-order valence-electron chi connectivity index (χ2n) is 4.67. The fourth-order valence-electron chi connectivity index (χ4n) is 2.28. The molecule has 2 aromatic rings. The summed E-state index contributed by atoms with van der Waals surface area (Å²) in [4.78, 5) is 22.8. The number of nitrogens with zero attached hydrogens (tertiary/aromatic N) is 1. The van der Waals surface area contributed by atoms with E-state index < -0.39 is 11.8 Å². The third-order valence-electron chi connectivity index (χ3n) is 2.95. The summed E-state index contributed by atoms with van der Waals surface area (Å²) in [6.07, 6.45) is -0.308. The van der Waals surface area contributed by atoms with E-state index in [1.807, 2.05) is 13.8 Å². The van der Waals surface area contributed by atoms with Crippen LogP contribution in [0.25, 0.3) is 10.9 Å². The first-order valence-corrected chi connectivity index (χ1v) is 5.96. The predicted molar refractivity (Wildman–Crippen MR) is 69.9 cm³/mol. The maximum absolute atomic E-state index is 14.0. The second kappa shape index (κ2) is 4.84. The molecule has 0 fully saturated rings. The van der Waals surface area contributed by atoms with E-state index in [0.717, 1.165) is 0 Å². The fourth-order valence-corrected chi connectivity index (χ4v) is 2.28. The minimum Gasteiger partial charge on any atom is -0.481 e. The number of carboxylic acid groups (broad SMARTS) is 1. The molecule has 0 radical (unpaired) electrons. The lowest BCUT2D eigenvalue weighted by atomic mass is 10.1. The van der Waals surface area contributed by atoms with Crippen LogP contribution in [0.15, 0.2) is 29.1 Å². The normalized spacial score (nSPS) is 11.2. The van der Waals surface area contributed by atoms with Crippen LogP contribution in [0, 0.1) is 5.82 Å². The number of halogens is 1. The summed E-state index contributed by atoms with van der Waals surface area (Å²) in [5.41, 5.74) is 0.119. The van der Waals surface area contributed by atoms with Crippen LogP contribution < -0.4 is 5.43 Å². The van der Waals surface area contributed by atoms with Crippen molar-refractivity contribution in [3.63, 3.8) is 0 Å². The van der Waals surface area contributed by atoms with E-state index in [1.54, 1.807) is 10.6 Å². The van der Waals surface area contributed by atoms with Crippen LogP contribution in [0.5, 0.6) is 0 Å². The van der Waals surface area contributed by atoms with Gasteiger partial charge in [-0.25, -0.2) is 4.39 Å². The Morgan fingerprint density at radius 1 is 1.42 bits per heavy atom. The molecule has 0 bridgehead atoms. The number of carboxylic acids is 1. The molecule has 1 aromatic heterocycles. The summed E-state index contributed by atoms with van der Waals surface area (Å²) in [5, 5.41) is 9.16. The van der Waals surface area contributed by atoms with Crippen molar-refractivity contribution in [1.29, 1.82) is 0 Å². The van der Waals surface area contributed by atoms with Gasteiger partial charge in [0, 0.05) is 23.2 Å². The van der Waals surface area contributed by atoms with E-state index in [2.05, 4.69) is 0 Å². The molecule has 1 heterocycles. The van der Waals surface area contributed by atoms with Crippen LogP contribution in [0.4, 0.5) is 4.39 Å². The molecule has 19 heavy (non-hydrogen) atoms. The molecule has 2 rings (SSSR count). The first kappa shape index (κ1) is 13.3. The van der Waals surface area contributed by atoms with Crippen molar-refractivity contribution < 1.29 is 14.3 Å². The summed E-state index contributed by atoms with van der Waals surface area (Å²) in [6.45, 7) is 3.64. The van der Waals surface area contributed by atoms with Crippen LogP contribution in [0.2, 0.25) is 0 Å². The molecule has 1 N–H and O–H groups in total. The monoisotopic (exact) mass is 263 g/mol. The molecule has 0 atom stereocenters. The summed E-state index contributed by atoms with van der Waals surface area (Å²) in [6, 6.07) is 5.42. The summed E-state index contributed by atoms with van der Waals surface area (Å²) in [7, 11) is 0. The van der Waals surface area contributed by atoms with E-state index in [0.29, 0.717) is 5.69 Å². The van der Waals surface area contributed by atoms with Gasteiger partial charge in [-0.2, -0.15) is 0 Å². The molecule has 0 saturated heterocycles. The molecule has 0 aliphatic carbocycles. The molecule has 0 spiro atoms. The van der Waals surface area contributed by atoms with Crippen LogP contribution >= 0.6 is 0 Å². The minimum atomic E-state index is -1.05. The number of hydrogen-bond acceptors (Lipinski definition) is 2. The van der Waals surface area contributed by atoms with Crippen LogP contribution in [-0.4, -0.2) is 15.6 Å². The Kier molecular flexibility index (Phi) is 3.38. The Morgan fingerprint density at radius 2 is 2.11 bits per heavy atom. The van der Waals surface area contributed by atoms with Crippen molar-refractivity contribution in [3.8, 4) is 0 Å². The Balaban J connectivity index is 2.91. The third-order valence-corrected chi connectivity index (χ3v) is 2.95. The molecule has 5 heteroatoms. The molecule has 0 amide bonds. The molecular formula is C14H14FNO3. The van der Waals surface area contributed by atoms with E-state index in [4.69, 9.17) is 5.11 Å². The first-order valence-electron chi connectivity index (χ1n) is 5.96. The van der Waals surface area contributed by atoms with Crippen molar-refractivity contribution >= 4 is 16.9 Å². The van der Waals surface area contributed by atoms with Crippen molar-refractivity contribution in [1.82, 2.24) is 4.57 Å². The highest BCUT2D eigenvalue weighted by Crippen LogP contribution is 2.21. The number of aliphatic carboxylic acids is 1. The van der Waals surface area contributed by atoms with Crippen molar-refractivity contribution in [2.24, 2.45) is 0 Å². The number of carbonyl (C=O) groups is 1. The second-order valence-corrected chi connectivity index (χ2v) is 4.67. The van der Waals surface area contributed by atoms with Gasteiger partial charge in [-0.05, 0) is 26.0 Å². The van der Waals surface area contributed by atoms with Crippen LogP contribution in [-0.2, 0) is 11.2 Å². The molecule has 0 unspecified atom stereocenters. The lowest BCUT2D eigenvalue weighted by molar-refractivity contribution is -0.136. The van der Waals surface area contributed by atoms with Gasteiger partial charge in [0.25, 0.3) is 0 Å². The molecule has 0 aliphatic rings. The van der Waals surface area contributed by atoms with Gasteiger partial charge in [-0.1, -0.05) is 6.07 Å². The van der Waals surface area contributed by atoms with Crippen molar-refractivity contribution in [3.05, 3.63) is 46.0 Å². The van der Waals surface area contributed by atoms with Crippen molar-refractivity contribution in [2.45, 2.75) is 26.3 Å². The highest BCUT2D eigenvalue weighted by atomic mass is 19.1. The lowest BCUT2D eigenvalue weighted by Crippen LogP contribution is -2.19. The average molecular weight is 263 g/mol. The zero-order chi connectivity index (χ0) is 14.2. The zero-order valence-corrected chi connectivity index (χ0v) is 10.7. The highest BCUT2D eigenvalue weighted by molar-refractivity contribution is 5.81. The van der Waals surface area contributed by atoms with Gasteiger partial charge in [0.2, 0.25) is 0 Å². The fraction of sp³-hybridized carbons (Fsp3) is 0.286. The molecule has 0 aliphatic heterocycles. The standard InChI is InChI=1S/C14H14FNO3/c1-8(2)16-9(7-13(18)19)6-12(17)10-4-3-5-11(15)14(10)16/h3-6,8H,7H2,1-2H3,(H,18,19). The molecular weight excluding hydrogens is 249 g/mol. The maximum atomic E-state index is 14.0. The zero-order valence-electron chi connectivity index (χ0n) is 10.7. The summed E-state index contributed by atoms with van der Waals surface area (Å²) in [5.74, 6) is -1.57. The average Bonchev–Trinajstić information content (AvgIpc) is 2.29. The Hall–Kier alpha value is -2.17. The van der Waals surface area contributed by atoms with Crippen LogP contribution in [0.3, 0.4) is 0 Å². The van der Waals surface area contributed by atoms with Gasteiger partial charge in [-0.15, -0.1) is 0 Å². The van der Waals surface area contributed by atoms with Gasteiger partial charge in [0.1, 0.15) is 5.82 Å². The smallest absolute Gasteiger partial charge is 0.309 e. The largest absolute Gasteiger partial charge is 0.481 e. The first-order chi connectivity index (χ1) is 8.91.